The Morgan fingerprint density at radius 2 is 1.69 bits per heavy atom. The van der Waals surface area contributed by atoms with Crippen LogP contribution >= 0.6 is 12.2 Å². The number of carbonyl (C=O) groups is 1. The third kappa shape index (κ3) is 5.65. The summed E-state index contributed by atoms with van der Waals surface area (Å²) in [7, 11) is 4.82. The van der Waals surface area contributed by atoms with Gasteiger partial charge in [-0.3, -0.25) is 4.79 Å². The van der Waals surface area contributed by atoms with Crippen molar-refractivity contribution in [3.8, 4) is 17.2 Å². The minimum atomic E-state index is -0.00555. The zero-order chi connectivity index (χ0) is 20.8. The number of rotatable bonds is 9. The lowest BCUT2D eigenvalue weighted by atomic mass is 10.1. The largest absolute Gasteiger partial charge is 0.493 e. The van der Waals surface area contributed by atoms with Gasteiger partial charge in [0.15, 0.2) is 16.6 Å². The number of nitrogens with zero attached hydrogens (tertiary/aromatic N) is 1. The molecule has 0 heterocycles. The summed E-state index contributed by atoms with van der Waals surface area (Å²) in [5.41, 5.74) is 1.01. The molecule has 2 fully saturated rings. The van der Waals surface area contributed by atoms with Crippen molar-refractivity contribution >= 4 is 23.2 Å². The normalized spacial score (nSPS) is 16.2. The first-order chi connectivity index (χ1) is 14.0. The average Bonchev–Trinajstić information content (AvgIpc) is 3.37. The monoisotopic (exact) mass is 421 g/mol. The van der Waals surface area contributed by atoms with E-state index >= 15 is 0 Å². The van der Waals surface area contributed by atoms with Crippen LogP contribution in [0.3, 0.4) is 0 Å². The van der Waals surface area contributed by atoms with Crippen LogP contribution in [0.1, 0.15) is 44.1 Å². The highest BCUT2D eigenvalue weighted by molar-refractivity contribution is 7.80. The van der Waals surface area contributed by atoms with Gasteiger partial charge in [-0.1, -0.05) is 12.8 Å². The number of ether oxygens (including phenoxy) is 3. The van der Waals surface area contributed by atoms with Gasteiger partial charge < -0.3 is 29.7 Å². The molecule has 2 aliphatic carbocycles. The summed E-state index contributed by atoms with van der Waals surface area (Å²) < 4.78 is 16.4. The van der Waals surface area contributed by atoms with E-state index in [-0.39, 0.29) is 12.5 Å². The van der Waals surface area contributed by atoms with Gasteiger partial charge in [0.1, 0.15) is 0 Å². The van der Waals surface area contributed by atoms with Crippen molar-refractivity contribution in [1.29, 1.82) is 0 Å². The number of hydrogen-bond donors (Lipinski definition) is 2. The van der Waals surface area contributed by atoms with Crippen molar-refractivity contribution in [3.63, 3.8) is 0 Å². The number of benzene rings is 1. The molecule has 2 N–H and O–H groups in total. The molecule has 0 atom stereocenters. The fourth-order valence-corrected chi connectivity index (χ4v) is 4.06. The van der Waals surface area contributed by atoms with Crippen LogP contribution in [0, 0.1) is 0 Å². The molecule has 1 aromatic rings. The van der Waals surface area contributed by atoms with Crippen LogP contribution in [0.25, 0.3) is 0 Å². The van der Waals surface area contributed by atoms with Gasteiger partial charge in [-0.25, -0.2) is 0 Å². The van der Waals surface area contributed by atoms with Crippen LogP contribution < -0.4 is 24.8 Å². The molecule has 1 amide bonds. The molecule has 1 aromatic carbocycles. The fourth-order valence-electron chi connectivity index (χ4n) is 3.77. The zero-order valence-electron chi connectivity index (χ0n) is 17.5. The zero-order valence-corrected chi connectivity index (χ0v) is 18.3. The van der Waals surface area contributed by atoms with Gasteiger partial charge in [0, 0.05) is 18.6 Å². The number of thiocarbonyl (C=S) groups is 1. The summed E-state index contributed by atoms with van der Waals surface area (Å²) in [6.45, 7) is 0.811. The van der Waals surface area contributed by atoms with Gasteiger partial charge >= 0.3 is 0 Å². The maximum absolute atomic E-state index is 12.0. The van der Waals surface area contributed by atoms with E-state index < -0.39 is 0 Å². The quantitative estimate of drug-likeness (QED) is 0.594. The van der Waals surface area contributed by atoms with E-state index in [0.29, 0.717) is 41.0 Å². The van der Waals surface area contributed by atoms with Gasteiger partial charge in [0.05, 0.1) is 27.9 Å². The third-order valence-electron chi connectivity index (χ3n) is 5.45. The van der Waals surface area contributed by atoms with E-state index in [2.05, 4.69) is 15.5 Å². The first-order valence-corrected chi connectivity index (χ1v) is 10.6. The number of nitrogens with one attached hydrogen (secondary N) is 2. The minimum Gasteiger partial charge on any atom is -0.493 e. The Hall–Kier alpha value is -2.22. The molecule has 0 unspecified atom stereocenters. The topological polar surface area (TPSA) is 72.1 Å². The molecule has 160 valence electrons. The predicted molar refractivity (Wildman–Crippen MR) is 116 cm³/mol. The van der Waals surface area contributed by atoms with Crippen LogP contribution in [0.15, 0.2) is 12.1 Å². The summed E-state index contributed by atoms with van der Waals surface area (Å²) in [5, 5.41) is 6.74. The average molecular weight is 422 g/mol. The van der Waals surface area contributed by atoms with Gasteiger partial charge in [-0.2, -0.15) is 0 Å². The minimum absolute atomic E-state index is 0.00555. The molecule has 3 rings (SSSR count). The van der Waals surface area contributed by atoms with E-state index in [0.717, 1.165) is 31.2 Å². The maximum Gasteiger partial charge on any atom is 0.239 e. The highest BCUT2D eigenvalue weighted by Crippen LogP contribution is 2.39. The molecule has 2 saturated carbocycles. The summed E-state index contributed by atoms with van der Waals surface area (Å²) in [5.74, 6) is 1.81. The number of carbonyl (C=O) groups excluding carboxylic acids is 1. The molecule has 7 nitrogen and oxygen atoms in total. The summed E-state index contributed by atoms with van der Waals surface area (Å²) in [6.07, 6.45) is 6.74. The lowest BCUT2D eigenvalue weighted by Gasteiger charge is -2.32. The van der Waals surface area contributed by atoms with Gasteiger partial charge in [-0.05, 0) is 55.6 Å². The molecule has 8 heteroatoms. The van der Waals surface area contributed by atoms with Crippen molar-refractivity contribution in [1.82, 2.24) is 15.5 Å². The van der Waals surface area contributed by atoms with E-state index in [4.69, 9.17) is 26.4 Å². The molecular weight excluding hydrogens is 390 g/mol. The van der Waals surface area contributed by atoms with Crippen molar-refractivity contribution in [2.45, 2.75) is 57.2 Å². The Labute approximate surface area is 178 Å². The molecule has 2 aliphatic rings. The van der Waals surface area contributed by atoms with Gasteiger partial charge in [0.2, 0.25) is 11.7 Å². The highest BCUT2D eigenvalue weighted by Gasteiger charge is 2.27. The molecule has 0 spiro atoms. The maximum atomic E-state index is 12.0. The first kappa shape index (κ1) is 21.5. The molecule has 0 bridgehead atoms. The molecule has 29 heavy (non-hydrogen) atoms. The molecule has 0 saturated heterocycles. The van der Waals surface area contributed by atoms with Gasteiger partial charge in [-0.15, -0.1) is 0 Å². The molecule has 0 radical (unpaired) electrons. The Bertz CT molecular complexity index is 708. The van der Waals surface area contributed by atoms with Crippen LogP contribution in [-0.2, 0) is 11.3 Å². The standard InChI is InChI=1S/C21H31N3O4S/c1-26-17-10-14(11-18(27-2)20(17)28-3)13-24(16-6-4-5-7-16)21(29)22-12-19(25)23-15-8-9-15/h10-11,15-16H,4-9,12-13H2,1-3H3,(H,22,29)(H,23,25). The van der Waals surface area contributed by atoms with Crippen LogP contribution in [0.4, 0.5) is 0 Å². The van der Waals surface area contributed by atoms with E-state index in [1.54, 1.807) is 21.3 Å². The SMILES string of the molecule is COc1cc(CN(C(=S)NCC(=O)NC2CC2)C2CCCC2)cc(OC)c1OC. The van der Waals surface area contributed by atoms with Crippen molar-refractivity contribution in [2.24, 2.45) is 0 Å². The predicted octanol–water partition coefficient (Wildman–Crippen LogP) is 2.61. The van der Waals surface area contributed by atoms with Crippen molar-refractivity contribution < 1.29 is 19.0 Å². The van der Waals surface area contributed by atoms with E-state index in [9.17, 15) is 4.79 Å². The lowest BCUT2D eigenvalue weighted by molar-refractivity contribution is -0.120. The second kappa shape index (κ2) is 10.0. The van der Waals surface area contributed by atoms with Gasteiger partial charge in [0.25, 0.3) is 0 Å². The second-order valence-corrected chi connectivity index (χ2v) is 7.99. The Morgan fingerprint density at radius 1 is 1.07 bits per heavy atom. The number of methoxy groups -OCH3 is 3. The molecular formula is C21H31N3O4S. The lowest BCUT2D eigenvalue weighted by Crippen LogP contribution is -2.47. The molecule has 0 aromatic heterocycles. The van der Waals surface area contributed by atoms with Crippen LogP contribution in [-0.4, -0.2) is 55.9 Å². The summed E-state index contributed by atoms with van der Waals surface area (Å²) >= 11 is 5.68. The third-order valence-corrected chi connectivity index (χ3v) is 5.83. The van der Waals surface area contributed by atoms with E-state index in [1.165, 1.54) is 12.8 Å². The second-order valence-electron chi connectivity index (χ2n) is 7.60. The van der Waals surface area contributed by atoms with Crippen LogP contribution in [0.5, 0.6) is 17.2 Å². The molecule has 0 aliphatic heterocycles. The summed E-state index contributed by atoms with van der Waals surface area (Å²) in [6, 6.07) is 4.61. The summed E-state index contributed by atoms with van der Waals surface area (Å²) in [4.78, 5) is 14.2. The first-order valence-electron chi connectivity index (χ1n) is 10.2. The van der Waals surface area contributed by atoms with Crippen molar-refractivity contribution in [3.05, 3.63) is 17.7 Å². The highest BCUT2D eigenvalue weighted by atomic mass is 32.1. The van der Waals surface area contributed by atoms with Crippen LogP contribution in [0.2, 0.25) is 0 Å². The van der Waals surface area contributed by atoms with Crippen molar-refractivity contribution in [2.75, 3.05) is 27.9 Å². The fraction of sp³-hybridized carbons (Fsp3) is 0.619. The number of amides is 1. The Balaban J connectivity index is 1.73. The Kier molecular flexibility index (Phi) is 7.41. The Morgan fingerprint density at radius 3 is 2.21 bits per heavy atom. The number of hydrogen-bond acceptors (Lipinski definition) is 5. The smallest absolute Gasteiger partial charge is 0.239 e. The van der Waals surface area contributed by atoms with E-state index in [1.807, 2.05) is 12.1 Å².